The molecular formula is C18H15FN2O5. The summed E-state index contributed by atoms with van der Waals surface area (Å²) in [5.41, 5.74) is -0.320. The molecule has 0 radical (unpaired) electrons. The van der Waals surface area contributed by atoms with Crippen LogP contribution in [-0.2, 0) is 13.0 Å². The minimum atomic E-state index is -0.575. The Balaban J connectivity index is 1.94. The summed E-state index contributed by atoms with van der Waals surface area (Å²) in [7, 11) is 1.44. The number of nitro benzene ring substituents is 1. The number of methoxy groups -OCH3 is 1. The first-order chi connectivity index (χ1) is 12.4. The number of non-ortho nitro benzene ring substituents is 1. The number of aromatic hydroxyl groups is 1. The SMILES string of the molecule is COc1ccc(CCn2c(O)c3ccc([N+](=O)[O-])cc3cc2=O)c(F)c1. The van der Waals surface area contributed by atoms with E-state index >= 15 is 0 Å². The Morgan fingerprint density at radius 1 is 1.23 bits per heavy atom. The van der Waals surface area contributed by atoms with Crippen molar-refractivity contribution in [2.75, 3.05) is 7.11 Å². The van der Waals surface area contributed by atoms with Crippen LogP contribution < -0.4 is 10.3 Å². The third kappa shape index (κ3) is 3.21. The zero-order valence-corrected chi connectivity index (χ0v) is 13.8. The summed E-state index contributed by atoms with van der Waals surface area (Å²) < 4.78 is 20.1. The molecule has 0 amide bonds. The third-order valence-electron chi connectivity index (χ3n) is 4.15. The lowest BCUT2D eigenvalue weighted by atomic mass is 10.1. The monoisotopic (exact) mass is 358 g/mol. The molecule has 1 aromatic heterocycles. The maximum atomic E-state index is 14.0. The van der Waals surface area contributed by atoms with Gasteiger partial charge in [0.2, 0.25) is 5.88 Å². The number of pyridine rings is 1. The summed E-state index contributed by atoms with van der Waals surface area (Å²) in [5.74, 6) is -0.386. The van der Waals surface area contributed by atoms with Gasteiger partial charge >= 0.3 is 0 Å². The first-order valence-corrected chi connectivity index (χ1v) is 7.74. The smallest absolute Gasteiger partial charge is 0.270 e. The second-order valence-electron chi connectivity index (χ2n) is 5.69. The summed E-state index contributed by atoms with van der Waals surface area (Å²) >= 11 is 0. The van der Waals surface area contributed by atoms with Gasteiger partial charge in [-0.2, -0.15) is 0 Å². The molecule has 7 nitrogen and oxygen atoms in total. The maximum absolute atomic E-state index is 14.0. The van der Waals surface area contributed by atoms with Gasteiger partial charge in [-0.3, -0.25) is 19.5 Å². The number of aromatic nitrogens is 1. The molecule has 0 fully saturated rings. The molecule has 26 heavy (non-hydrogen) atoms. The fourth-order valence-corrected chi connectivity index (χ4v) is 2.75. The molecule has 0 aliphatic heterocycles. The highest BCUT2D eigenvalue weighted by molar-refractivity contribution is 5.88. The van der Waals surface area contributed by atoms with Gasteiger partial charge in [0, 0.05) is 36.2 Å². The number of aryl methyl sites for hydroxylation is 1. The Hall–Kier alpha value is -3.42. The van der Waals surface area contributed by atoms with Crippen molar-refractivity contribution in [2.24, 2.45) is 0 Å². The van der Waals surface area contributed by atoms with Crippen LogP contribution in [0.4, 0.5) is 10.1 Å². The van der Waals surface area contributed by atoms with Gasteiger partial charge in [-0.15, -0.1) is 0 Å². The van der Waals surface area contributed by atoms with Crippen molar-refractivity contribution in [3.05, 3.63) is 74.3 Å². The molecular weight excluding hydrogens is 343 g/mol. The number of rotatable bonds is 5. The first-order valence-electron chi connectivity index (χ1n) is 7.74. The molecule has 134 valence electrons. The maximum Gasteiger partial charge on any atom is 0.270 e. The lowest BCUT2D eigenvalue weighted by molar-refractivity contribution is -0.384. The van der Waals surface area contributed by atoms with Crippen molar-refractivity contribution in [3.8, 4) is 11.6 Å². The van der Waals surface area contributed by atoms with E-state index in [9.17, 15) is 24.4 Å². The Bertz CT molecular complexity index is 1060. The molecule has 1 N–H and O–H groups in total. The molecule has 3 aromatic rings. The molecule has 0 spiro atoms. The highest BCUT2D eigenvalue weighted by atomic mass is 19.1. The van der Waals surface area contributed by atoms with E-state index in [4.69, 9.17) is 4.74 Å². The van der Waals surface area contributed by atoms with Crippen molar-refractivity contribution in [3.63, 3.8) is 0 Å². The van der Waals surface area contributed by atoms with Crippen LogP contribution in [0, 0.1) is 15.9 Å². The van der Waals surface area contributed by atoms with E-state index in [0.29, 0.717) is 16.7 Å². The van der Waals surface area contributed by atoms with Crippen LogP contribution in [-0.4, -0.2) is 21.7 Å². The standard InChI is InChI=1S/C18H15FN2O5/c1-26-14-4-2-11(16(19)10-14)6-7-20-17(22)9-12-8-13(21(24)25)3-5-15(12)18(20)23/h2-5,8-10,23H,6-7H2,1H3. The van der Waals surface area contributed by atoms with Crippen LogP contribution in [0.15, 0.2) is 47.3 Å². The highest BCUT2D eigenvalue weighted by Gasteiger charge is 2.14. The number of nitro groups is 1. The fraction of sp³-hybridized carbons (Fsp3) is 0.167. The lowest BCUT2D eigenvalue weighted by Gasteiger charge is -2.11. The molecule has 0 bridgehead atoms. The molecule has 0 atom stereocenters. The van der Waals surface area contributed by atoms with Crippen LogP contribution in [0.3, 0.4) is 0 Å². The summed E-state index contributed by atoms with van der Waals surface area (Å²) in [5, 5.41) is 21.8. The van der Waals surface area contributed by atoms with Gasteiger partial charge in [0.25, 0.3) is 11.2 Å². The number of hydrogen-bond acceptors (Lipinski definition) is 5. The molecule has 3 rings (SSSR count). The van der Waals surface area contributed by atoms with E-state index in [2.05, 4.69) is 0 Å². The summed E-state index contributed by atoms with van der Waals surface area (Å²) in [6, 6.07) is 9.49. The molecule has 8 heteroatoms. The topological polar surface area (TPSA) is 94.6 Å². The van der Waals surface area contributed by atoms with Gasteiger partial charge < -0.3 is 9.84 Å². The molecule has 2 aromatic carbocycles. The molecule has 0 saturated heterocycles. The zero-order chi connectivity index (χ0) is 18.8. The Labute approximate surface area is 147 Å². The zero-order valence-electron chi connectivity index (χ0n) is 13.8. The summed E-state index contributed by atoms with van der Waals surface area (Å²) in [6.45, 7) is 0.0564. The molecule has 0 unspecified atom stereocenters. The minimum absolute atomic E-state index is 0.0564. The number of nitrogens with zero attached hydrogens (tertiary/aromatic N) is 2. The molecule has 0 aliphatic carbocycles. The van der Waals surface area contributed by atoms with E-state index in [1.165, 1.54) is 37.4 Å². The van der Waals surface area contributed by atoms with Crippen molar-refractivity contribution < 1.29 is 19.2 Å². The van der Waals surface area contributed by atoms with Crippen molar-refractivity contribution in [1.29, 1.82) is 0 Å². The van der Waals surface area contributed by atoms with Gasteiger partial charge in [-0.05, 0) is 29.5 Å². The van der Waals surface area contributed by atoms with Crippen LogP contribution in [0.5, 0.6) is 11.6 Å². The lowest BCUT2D eigenvalue weighted by Crippen LogP contribution is -2.20. The first kappa shape index (κ1) is 17.4. The Kier molecular flexibility index (Phi) is 4.57. The number of fused-ring (bicyclic) bond motifs is 1. The minimum Gasteiger partial charge on any atom is -0.497 e. The molecule has 1 heterocycles. The second-order valence-corrected chi connectivity index (χ2v) is 5.69. The van der Waals surface area contributed by atoms with Crippen molar-refractivity contribution >= 4 is 16.5 Å². The van der Waals surface area contributed by atoms with Gasteiger partial charge in [-0.25, -0.2) is 4.39 Å². The van der Waals surface area contributed by atoms with E-state index in [1.54, 1.807) is 12.1 Å². The number of benzene rings is 2. The summed E-state index contributed by atoms with van der Waals surface area (Å²) in [6.07, 6.45) is 0.182. The normalized spacial score (nSPS) is 10.8. The molecule has 0 aliphatic rings. The average molecular weight is 358 g/mol. The predicted octanol–water partition coefficient (Wildman–Crippen LogP) is 3.01. The van der Waals surface area contributed by atoms with E-state index < -0.39 is 16.3 Å². The quantitative estimate of drug-likeness (QED) is 0.559. The van der Waals surface area contributed by atoms with Crippen LogP contribution in [0.2, 0.25) is 0 Å². The Morgan fingerprint density at radius 2 is 2.00 bits per heavy atom. The molecule has 0 saturated carbocycles. The summed E-state index contributed by atoms with van der Waals surface area (Å²) in [4.78, 5) is 22.5. The largest absolute Gasteiger partial charge is 0.497 e. The third-order valence-corrected chi connectivity index (χ3v) is 4.15. The Morgan fingerprint density at radius 3 is 2.65 bits per heavy atom. The fourth-order valence-electron chi connectivity index (χ4n) is 2.75. The van der Waals surface area contributed by atoms with Gasteiger partial charge in [0.05, 0.1) is 12.0 Å². The number of halogens is 1. The van der Waals surface area contributed by atoms with E-state index in [1.807, 2.05) is 0 Å². The van der Waals surface area contributed by atoms with Crippen LogP contribution >= 0.6 is 0 Å². The van der Waals surface area contributed by atoms with Gasteiger partial charge in [0.15, 0.2) is 0 Å². The van der Waals surface area contributed by atoms with Gasteiger partial charge in [0.1, 0.15) is 11.6 Å². The van der Waals surface area contributed by atoms with E-state index in [0.717, 1.165) is 4.57 Å². The van der Waals surface area contributed by atoms with E-state index in [-0.39, 0.29) is 29.9 Å². The highest BCUT2D eigenvalue weighted by Crippen LogP contribution is 2.27. The van der Waals surface area contributed by atoms with Gasteiger partial charge in [-0.1, -0.05) is 6.07 Å². The number of ether oxygens (including phenoxy) is 1. The van der Waals surface area contributed by atoms with Crippen LogP contribution in [0.1, 0.15) is 5.56 Å². The van der Waals surface area contributed by atoms with Crippen molar-refractivity contribution in [1.82, 2.24) is 4.57 Å². The van der Waals surface area contributed by atoms with Crippen LogP contribution in [0.25, 0.3) is 10.8 Å². The number of hydrogen-bond donors (Lipinski definition) is 1. The second kappa shape index (κ2) is 6.83. The van der Waals surface area contributed by atoms with Crippen molar-refractivity contribution in [2.45, 2.75) is 13.0 Å². The predicted molar refractivity (Wildman–Crippen MR) is 93.2 cm³/mol. The average Bonchev–Trinajstić information content (AvgIpc) is 2.61.